The number of likely N-dealkylation sites (tertiary alicyclic amines) is 1. The molecule has 0 unspecified atom stereocenters. The van der Waals surface area contributed by atoms with Gasteiger partial charge in [-0.15, -0.1) is 0 Å². The molecule has 1 N–H and O–H groups in total. The van der Waals surface area contributed by atoms with Crippen LogP contribution in [-0.2, 0) is 10.0 Å². The van der Waals surface area contributed by atoms with Crippen molar-refractivity contribution >= 4 is 16.0 Å². The molecular weight excluding hydrogens is 316 g/mol. The number of hydrogen-bond acceptors (Lipinski definition) is 4. The molecule has 23 heavy (non-hydrogen) atoms. The van der Waals surface area contributed by atoms with Gasteiger partial charge in [0.05, 0.1) is 10.5 Å². The molecule has 2 fully saturated rings. The molecule has 1 aromatic carbocycles. The lowest BCUT2D eigenvalue weighted by atomic mass is 10.1. The van der Waals surface area contributed by atoms with E-state index in [9.17, 15) is 13.2 Å². The van der Waals surface area contributed by atoms with E-state index in [0.717, 1.165) is 19.5 Å². The van der Waals surface area contributed by atoms with Crippen LogP contribution in [0.3, 0.4) is 0 Å². The maximum Gasteiger partial charge on any atom is 0.335 e. The average molecular weight is 338 g/mol. The second-order valence-electron chi connectivity index (χ2n) is 6.33. The van der Waals surface area contributed by atoms with Crippen molar-refractivity contribution < 1.29 is 18.3 Å². The summed E-state index contributed by atoms with van der Waals surface area (Å²) in [4.78, 5) is 13.6. The van der Waals surface area contributed by atoms with Gasteiger partial charge in [-0.1, -0.05) is 6.07 Å². The number of sulfonamides is 1. The summed E-state index contributed by atoms with van der Waals surface area (Å²) in [6.45, 7) is 4.80. The summed E-state index contributed by atoms with van der Waals surface area (Å²) in [6, 6.07) is 4.56. The van der Waals surface area contributed by atoms with E-state index in [2.05, 4.69) is 4.90 Å². The molecule has 2 aliphatic rings. The molecule has 2 heterocycles. The lowest BCUT2D eigenvalue weighted by molar-refractivity contribution is 0.0696. The van der Waals surface area contributed by atoms with Crippen molar-refractivity contribution in [2.45, 2.75) is 37.1 Å². The summed E-state index contributed by atoms with van der Waals surface area (Å²) in [7, 11) is -3.64. The first-order chi connectivity index (χ1) is 10.9. The van der Waals surface area contributed by atoms with Crippen LogP contribution in [0.2, 0.25) is 0 Å². The van der Waals surface area contributed by atoms with Gasteiger partial charge in [-0.05, 0) is 57.0 Å². The number of aromatic carboxylic acids is 1. The zero-order chi connectivity index (χ0) is 16.6. The van der Waals surface area contributed by atoms with E-state index in [4.69, 9.17) is 5.11 Å². The normalized spacial score (nSPS) is 23.4. The molecule has 3 rings (SSSR count). The molecule has 2 aliphatic heterocycles. The first-order valence-electron chi connectivity index (χ1n) is 7.98. The van der Waals surface area contributed by atoms with Gasteiger partial charge >= 0.3 is 5.97 Å². The second kappa shape index (κ2) is 6.22. The van der Waals surface area contributed by atoms with Crippen LogP contribution in [-0.4, -0.2) is 60.9 Å². The third kappa shape index (κ3) is 3.13. The predicted octanol–water partition coefficient (Wildman–Crippen LogP) is 1.55. The summed E-state index contributed by atoms with van der Waals surface area (Å²) in [5, 5.41) is 9.10. The zero-order valence-corrected chi connectivity index (χ0v) is 14.1. The third-order valence-electron chi connectivity index (χ3n) is 4.84. The Hall–Kier alpha value is -1.44. The van der Waals surface area contributed by atoms with Gasteiger partial charge in [0.15, 0.2) is 0 Å². The van der Waals surface area contributed by atoms with Crippen LogP contribution in [0.4, 0.5) is 0 Å². The smallest absolute Gasteiger partial charge is 0.335 e. The van der Waals surface area contributed by atoms with Crippen molar-refractivity contribution in [3.05, 3.63) is 29.3 Å². The first-order valence-corrected chi connectivity index (χ1v) is 9.42. The van der Waals surface area contributed by atoms with E-state index in [1.807, 2.05) is 0 Å². The molecule has 1 aromatic rings. The Morgan fingerprint density at radius 1 is 1.22 bits per heavy atom. The Bertz CT molecular complexity index is 711. The summed E-state index contributed by atoms with van der Waals surface area (Å²) >= 11 is 0. The number of aryl methyl sites for hydroxylation is 1. The Morgan fingerprint density at radius 3 is 2.57 bits per heavy atom. The first kappa shape index (κ1) is 16.4. The minimum atomic E-state index is -3.64. The molecule has 126 valence electrons. The monoisotopic (exact) mass is 338 g/mol. The number of benzene rings is 1. The van der Waals surface area contributed by atoms with E-state index in [1.165, 1.54) is 29.3 Å². The molecule has 7 heteroatoms. The van der Waals surface area contributed by atoms with Crippen molar-refractivity contribution in [3.63, 3.8) is 0 Å². The van der Waals surface area contributed by atoms with Crippen LogP contribution in [0.5, 0.6) is 0 Å². The Balaban J connectivity index is 1.84. The van der Waals surface area contributed by atoms with Crippen molar-refractivity contribution in [3.8, 4) is 0 Å². The molecule has 0 aromatic heterocycles. The van der Waals surface area contributed by atoms with Crippen molar-refractivity contribution in [1.82, 2.24) is 9.21 Å². The molecule has 0 spiro atoms. The molecule has 0 saturated carbocycles. The van der Waals surface area contributed by atoms with E-state index in [1.54, 1.807) is 13.0 Å². The fraction of sp³-hybridized carbons (Fsp3) is 0.562. The number of rotatable bonds is 4. The van der Waals surface area contributed by atoms with E-state index >= 15 is 0 Å². The van der Waals surface area contributed by atoms with Crippen LogP contribution in [0.15, 0.2) is 23.1 Å². The summed E-state index contributed by atoms with van der Waals surface area (Å²) < 4.78 is 27.3. The summed E-state index contributed by atoms with van der Waals surface area (Å²) in [5.74, 6) is -1.11. The molecule has 2 saturated heterocycles. The topological polar surface area (TPSA) is 77.9 Å². The van der Waals surface area contributed by atoms with Crippen LogP contribution >= 0.6 is 0 Å². The van der Waals surface area contributed by atoms with Gasteiger partial charge in [-0.25, -0.2) is 13.2 Å². The molecule has 0 bridgehead atoms. The van der Waals surface area contributed by atoms with Crippen LogP contribution in [0.25, 0.3) is 0 Å². The van der Waals surface area contributed by atoms with Gasteiger partial charge in [-0.3, -0.25) is 4.90 Å². The molecule has 1 atom stereocenters. The standard InChI is InChI=1S/C16H22N2O4S/c1-12-4-5-13(16(19)20)10-15(12)23(21,22)18-9-6-14(11-18)17-7-2-3-8-17/h4-5,10,14H,2-3,6-9,11H2,1H3,(H,19,20)/t14-/m1/s1. The SMILES string of the molecule is Cc1ccc(C(=O)O)cc1S(=O)(=O)N1CC[C@@H](N2CCCC2)C1. The number of nitrogens with zero attached hydrogens (tertiary/aromatic N) is 2. The van der Waals surface area contributed by atoms with Crippen LogP contribution in [0.1, 0.15) is 35.2 Å². The highest BCUT2D eigenvalue weighted by Gasteiger charge is 2.36. The number of carboxylic acids is 1. The van der Waals surface area contributed by atoms with Gasteiger partial charge in [0.1, 0.15) is 0 Å². The quantitative estimate of drug-likeness (QED) is 0.901. The number of carbonyl (C=O) groups is 1. The van der Waals surface area contributed by atoms with Crippen LogP contribution in [0, 0.1) is 6.92 Å². The van der Waals surface area contributed by atoms with Crippen LogP contribution < -0.4 is 0 Å². The number of hydrogen-bond donors (Lipinski definition) is 1. The van der Waals surface area contributed by atoms with E-state index < -0.39 is 16.0 Å². The molecule has 0 aliphatic carbocycles. The average Bonchev–Trinajstić information content (AvgIpc) is 3.18. The molecular formula is C16H22N2O4S. The number of carboxylic acid groups (broad SMARTS) is 1. The highest BCUT2D eigenvalue weighted by molar-refractivity contribution is 7.89. The van der Waals surface area contributed by atoms with Gasteiger partial charge in [-0.2, -0.15) is 4.31 Å². The highest BCUT2D eigenvalue weighted by atomic mass is 32.2. The zero-order valence-electron chi connectivity index (χ0n) is 13.2. The highest BCUT2D eigenvalue weighted by Crippen LogP contribution is 2.27. The predicted molar refractivity (Wildman–Crippen MR) is 86.1 cm³/mol. The minimum Gasteiger partial charge on any atom is -0.478 e. The fourth-order valence-corrected chi connectivity index (χ4v) is 5.23. The Morgan fingerprint density at radius 2 is 1.91 bits per heavy atom. The maximum atomic E-state index is 12.9. The Kier molecular flexibility index (Phi) is 4.44. The van der Waals surface area contributed by atoms with E-state index in [-0.39, 0.29) is 16.5 Å². The fourth-order valence-electron chi connectivity index (χ4n) is 3.48. The van der Waals surface area contributed by atoms with Crippen molar-refractivity contribution in [2.24, 2.45) is 0 Å². The molecule has 0 radical (unpaired) electrons. The van der Waals surface area contributed by atoms with Gasteiger partial charge in [0.2, 0.25) is 10.0 Å². The lowest BCUT2D eigenvalue weighted by Gasteiger charge is -2.24. The summed E-state index contributed by atoms with van der Waals surface area (Å²) in [6.07, 6.45) is 3.21. The molecule has 0 amide bonds. The van der Waals surface area contributed by atoms with Gasteiger partial charge in [0.25, 0.3) is 0 Å². The van der Waals surface area contributed by atoms with Crippen molar-refractivity contribution in [1.29, 1.82) is 0 Å². The maximum absolute atomic E-state index is 12.9. The van der Waals surface area contributed by atoms with Gasteiger partial charge in [0, 0.05) is 19.1 Å². The second-order valence-corrected chi connectivity index (χ2v) is 8.24. The molecule has 6 nitrogen and oxygen atoms in total. The largest absolute Gasteiger partial charge is 0.478 e. The summed E-state index contributed by atoms with van der Waals surface area (Å²) in [5.41, 5.74) is 0.587. The minimum absolute atomic E-state index is 0.00413. The van der Waals surface area contributed by atoms with Crippen molar-refractivity contribution in [2.75, 3.05) is 26.2 Å². The van der Waals surface area contributed by atoms with E-state index in [0.29, 0.717) is 18.7 Å². The third-order valence-corrected chi connectivity index (χ3v) is 6.84. The Labute approximate surface area is 136 Å². The van der Waals surface area contributed by atoms with Gasteiger partial charge < -0.3 is 5.11 Å². The lowest BCUT2D eigenvalue weighted by Crippen LogP contribution is -2.37.